The van der Waals surface area contributed by atoms with Crippen LogP contribution >= 0.6 is 0 Å². The quantitative estimate of drug-likeness (QED) is 0.900. The van der Waals surface area contributed by atoms with E-state index in [0.29, 0.717) is 6.04 Å². The van der Waals surface area contributed by atoms with Gasteiger partial charge in [0.05, 0.1) is 6.54 Å². The first-order valence-electron chi connectivity index (χ1n) is 7.95. The van der Waals surface area contributed by atoms with Crippen molar-refractivity contribution in [2.45, 2.75) is 37.8 Å². The van der Waals surface area contributed by atoms with E-state index in [1.54, 1.807) is 0 Å². The summed E-state index contributed by atoms with van der Waals surface area (Å²) in [6.45, 7) is 2.08. The second kappa shape index (κ2) is 6.16. The van der Waals surface area contributed by atoms with Gasteiger partial charge in [-0.25, -0.2) is 0 Å². The number of likely N-dealkylation sites (N-methyl/N-ethyl adjacent to an activating group) is 1. The Hall–Kier alpha value is -1.39. The van der Waals surface area contributed by atoms with Crippen LogP contribution in [0, 0.1) is 0 Å². The highest BCUT2D eigenvalue weighted by atomic mass is 16.2. The number of amides is 1. The van der Waals surface area contributed by atoms with Gasteiger partial charge in [-0.3, -0.25) is 4.79 Å². The molecular weight excluding hydrogens is 262 g/mol. The Morgan fingerprint density at radius 1 is 1.33 bits per heavy atom. The fraction of sp³-hybridized carbons (Fsp3) is 0.588. The topological polar surface area (TPSA) is 49.6 Å². The fourth-order valence-corrected chi connectivity index (χ4v) is 3.76. The molecule has 0 radical (unpaired) electrons. The first-order valence-corrected chi connectivity index (χ1v) is 7.95. The van der Waals surface area contributed by atoms with Crippen molar-refractivity contribution in [1.29, 1.82) is 0 Å². The largest absolute Gasteiger partial charge is 0.336 e. The molecule has 1 aliphatic carbocycles. The lowest BCUT2D eigenvalue weighted by atomic mass is 10.1. The first-order chi connectivity index (χ1) is 10.2. The van der Waals surface area contributed by atoms with Gasteiger partial charge in [0.1, 0.15) is 0 Å². The molecule has 0 aromatic heterocycles. The zero-order valence-corrected chi connectivity index (χ0v) is 12.8. The lowest BCUT2D eigenvalue weighted by Gasteiger charge is -2.33. The van der Waals surface area contributed by atoms with E-state index in [4.69, 9.17) is 5.73 Å². The van der Waals surface area contributed by atoms with Crippen molar-refractivity contribution >= 4 is 5.91 Å². The number of nitrogens with zero attached hydrogens (tertiary/aromatic N) is 2. The van der Waals surface area contributed by atoms with E-state index >= 15 is 0 Å². The standard InChI is InChI=1S/C17H25N3O/c1-19-8-4-7-15(19)12-20(17(21)11-18)16-9-13-5-2-3-6-14(13)10-16/h2-3,5-6,15-16H,4,7-12,18H2,1H3. The molecule has 1 heterocycles. The highest BCUT2D eigenvalue weighted by molar-refractivity contribution is 5.78. The van der Waals surface area contributed by atoms with Crippen LogP contribution in [0.15, 0.2) is 24.3 Å². The van der Waals surface area contributed by atoms with E-state index in [1.807, 2.05) is 4.90 Å². The summed E-state index contributed by atoms with van der Waals surface area (Å²) in [5.41, 5.74) is 8.42. The number of hydrogen-bond acceptors (Lipinski definition) is 3. The number of benzene rings is 1. The van der Waals surface area contributed by atoms with E-state index in [-0.39, 0.29) is 18.5 Å². The van der Waals surface area contributed by atoms with Gasteiger partial charge in [0, 0.05) is 18.6 Å². The molecular formula is C17H25N3O. The number of carbonyl (C=O) groups is 1. The van der Waals surface area contributed by atoms with Crippen LogP contribution < -0.4 is 5.73 Å². The molecule has 0 bridgehead atoms. The van der Waals surface area contributed by atoms with Gasteiger partial charge in [-0.2, -0.15) is 0 Å². The lowest BCUT2D eigenvalue weighted by Crippen LogP contribution is -2.49. The molecule has 3 rings (SSSR count). The molecule has 1 unspecified atom stereocenters. The van der Waals surface area contributed by atoms with Crippen molar-refractivity contribution in [3.8, 4) is 0 Å². The minimum atomic E-state index is 0.0908. The van der Waals surface area contributed by atoms with Crippen LogP contribution in [0.5, 0.6) is 0 Å². The predicted molar refractivity (Wildman–Crippen MR) is 84.1 cm³/mol. The van der Waals surface area contributed by atoms with Crippen molar-refractivity contribution in [2.24, 2.45) is 5.73 Å². The molecule has 2 aliphatic rings. The van der Waals surface area contributed by atoms with Gasteiger partial charge >= 0.3 is 0 Å². The maximum atomic E-state index is 12.3. The molecule has 0 saturated carbocycles. The summed E-state index contributed by atoms with van der Waals surface area (Å²) < 4.78 is 0. The van der Waals surface area contributed by atoms with Crippen LogP contribution in [0.4, 0.5) is 0 Å². The summed E-state index contributed by atoms with van der Waals surface area (Å²) in [5.74, 6) is 0.0908. The van der Waals surface area contributed by atoms with Gasteiger partial charge in [0.2, 0.25) is 5.91 Å². The van der Waals surface area contributed by atoms with Gasteiger partial charge in [0.15, 0.2) is 0 Å². The Bertz CT molecular complexity index is 492. The van der Waals surface area contributed by atoms with Gasteiger partial charge in [-0.05, 0) is 50.4 Å². The second-order valence-corrected chi connectivity index (χ2v) is 6.36. The number of hydrogen-bond donors (Lipinski definition) is 1. The summed E-state index contributed by atoms with van der Waals surface area (Å²) in [6.07, 6.45) is 4.36. The first kappa shape index (κ1) is 14.5. The van der Waals surface area contributed by atoms with Crippen molar-refractivity contribution in [3.05, 3.63) is 35.4 Å². The Balaban J connectivity index is 1.73. The number of fused-ring (bicyclic) bond motifs is 1. The van der Waals surface area contributed by atoms with E-state index in [0.717, 1.165) is 25.9 Å². The molecule has 114 valence electrons. The second-order valence-electron chi connectivity index (χ2n) is 6.36. The van der Waals surface area contributed by atoms with Crippen molar-refractivity contribution in [3.63, 3.8) is 0 Å². The Kier molecular flexibility index (Phi) is 4.27. The zero-order valence-electron chi connectivity index (χ0n) is 12.8. The number of carbonyl (C=O) groups excluding carboxylic acids is 1. The maximum absolute atomic E-state index is 12.3. The van der Waals surface area contributed by atoms with Gasteiger partial charge < -0.3 is 15.5 Å². The molecule has 1 saturated heterocycles. The third-order valence-corrected chi connectivity index (χ3v) is 5.04. The molecule has 4 heteroatoms. The molecule has 21 heavy (non-hydrogen) atoms. The summed E-state index contributed by atoms with van der Waals surface area (Å²) in [4.78, 5) is 16.7. The van der Waals surface area contributed by atoms with Gasteiger partial charge in [0.25, 0.3) is 0 Å². The van der Waals surface area contributed by atoms with Crippen molar-refractivity contribution in [1.82, 2.24) is 9.80 Å². The molecule has 1 aromatic rings. The van der Waals surface area contributed by atoms with Crippen molar-refractivity contribution in [2.75, 3.05) is 26.7 Å². The van der Waals surface area contributed by atoms with Crippen LogP contribution in [-0.4, -0.2) is 54.5 Å². The Morgan fingerprint density at radius 2 is 2.00 bits per heavy atom. The minimum Gasteiger partial charge on any atom is -0.336 e. The molecule has 1 amide bonds. The molecule has 1 aromatic carbocycles. The lowest BCUT2D eigenvalue weighted by molar-refractivity contribution is -0.132. The predicted octanol–water partition coefficient (Wildman–Crippen LogP) is 1.04. The summed E-state index contributed by atoms with van der Waals surface area (Å²) in [7, 11) is 2.16. The molecule has 4 nitrogen and oxygen atoms in total. The Labute approximate surface area is 126 Å². The van der Waals surface area contributed by atoms with Crippen LogP contribution in [0.1, 0.15) is 24.0 Å². The maximum Gasteiger partial charge on any atom is 0.236 e. The Morgan fingerprint density at radius 3 is 2.52 bits per heavy atom. The van der Waals surface area contributed by atoms with Crippen LogP contribution in [0.3, 0.4) is 0 Å². The number of rotatable bonds is 4. The normalized spacial score (nSPS) is 22.5. The molecule has 1 fully saturated rings. The highest BCUT2D eigenvalue weighted by Crippen LogP contribution is 2.27. The molecule has 0 spiro atoms. The van der Waals surface area contributed by atoms with E-state index in [9.17, 15) is 4.79 Å². The third-order valence-electron chi connectivity index (χ3n) is 5.04. The van der Waals surface area contributed by atoms with E-state index in [2.05, 4.69) is 36.2 Å². The van der Waals surface area contributed by atoms with Crippen LogP contribution in [0.25, 0.3) is 0 Å². The summed E-state index contributed by atoms with van der Waals surface area (Å²) in [6, 6.07) is 9.31. The highest BCUT2D eigenvalue weighted by Gasteiger charge is 2.32. The van der Waals surface area contributed by atoms with Gasteiger partial charge in [-0.15, -0.1) is 0 Å². The van der Waals surface area contributed by atoms with E-state index in [1.165, 1.54) is 24.0 Å². The monoisotopic (exact) mass is 287 g/mol. The average molecular weight is 287 g/mol. The number of likely N-dealkylation sites (tertiary alicyclic amines) is 1. The van der Waals surface area contributed by atoms with Crippen LogP contribution in [-0.2, 0) is 17.6 Å². The zero-order chi connectivity index (χ0) is 14.8. The van der Waals surface area contributed by atoms with Crippen LogP contribution in [0.2, 0.25) is 0 Å². The minimum absolute atomic E-state index is 0.0908. The average Bonchev–Trinajstić information content (AvgIpc) is 3.09. The van der Waals surface area contributed by atoms with Crippen molar-refractivity contribution < 1.29 is 4.79 Å². The molecule has 2 N–H and O–H groups in total. The fourth-order valence-electron chi connectivity index (χ4n) is 3.76. The van der Waals surface area contributed by atoms with E-state index < -0.39 is 0 Å². The number of nitrogens with two attached hydrogens (primary N) is 1. The summed E-state index contributed by atoms with van der Waals surface area (Å²) in [5, 5.41) is 0. The third kappa shape index (κ3) is 2.97. The molecule has 1 atom stereocenters. The molecule has 1 aliphatic heterocycles. The van der Waals surface area contributed by atoms with Gasteiger partial charge in [-0.1, -0.05) is 24.3 Å². The smallest absolute Gasteiger partial charge is 0.236 e. The SMILES string of the molecule is CN1CCCC1CN(C(=O)CN)C1Cc2ccccc2C1. The summed E-state index contributed by atoms with van der Waals surface area (Å²) >= 11 is 0.